The van der Waals surface area contributed by atoms with Crippen LogP contribution in [0.4, 0.5) is 0 Å². The van der Waals surface area contributed by atoms with E-state index in [2.05, 4.69) is 48.4 Å². The van der Waals surface area contributed by atoms with E-state index in [1.807, 2.05) is 16.9 Å². The first-order valence-corrected chi connectivity index (χ1v) is 8.88. The van der Waals surface area contributed by atoms with Crippen LogP contribution in [0.5, 0.6) is 5.88 Å². The topological polar surface area (TPSA) is 52.0 Å². The fourth-order valence-corrected chi connectivity index (χ4v) is 2.99. The molecule has 2 aromatic rings. The number of hydrogen-bond donors (Lipinski definition) is 1. The van der Waals surface area contributed by atoms with E-state index in [4.69, 9.17) is 4.74 Å². The van der Waals surface area contributed by atoms with Crippen LogP contribution in [0.1, 0.15) is 57.6 Å². The molecule has 2 heterocycles. The normalized spacial score (nSPS) is 15.8. The summed E-state index contributed by atoms with van der Waals surface area (Å²) < 4.78 is 8.09. The maximum Gasteiger partial charge on any atom is 0.218 e. The summed E-state index contributed by atoms with van der Waals surface area (Å²) in [7, 11) is 0. The van der Waals surface area contributed by atoms with E-state index in [0.717, 1.165) is 37.4 Å². The molecule has 0 amide bonds. The van der Waals surface area contributed by atoms with Gasteiger partial charge in [0.25, 0.3) is 0 Å². The lowest BCUT2D eigenvalue weighted by Gasteiger charge is -2.18. The number of rotatable bonds is 6. The number of nitrogens with one attached hydrogen (secondary N) is 1. The molecule has 1 N–H and O–H groups in total. The average molecular weight is 328 g/mol. The summed E-state index contributed by atoms with van der Waals surface area (Å²) in [6, 6.07) is 4.05. The van der Waals surface area contributed by atoms with E-state index < -0.39 is 0 Å². The molecule has 0 atom stereocenters. The molecule has 3 rings (SSSR count). The Bertz CT molecular complexity index is 653. The maximum atomic E-state index is 6.09. The van der Waals surface area contributed by atoms with Crippen molar-refractivity contribution in [2.45, 2.75) is 71.2 Å². The molecule has 1 aliphatic rings. The first kappa shape index (κ1) is 17.0. The van der Waals surface area contributed by atoms with Crippen LogP contribution in [0.25, 0.3) is 0 Å². The molecule has 5 heteroatoms. The van der Waals surface area contributed by atoms with Gasteiger partial charge in [0.05, 0.1) is 11.7 Å². The lowest BCUT2D eigenvalue weighted by atomic mass is 10.1. The van der Waals surface area contributed by atoms with E-state index >= 15 is 0 Å². The molecule has 0 aromatic carbocycles. The van der Waals surface area contributed by atoms with E-state index in [1.165, 1.54) is 18.4 Å². The Hall–Kier alpha value is -1.88. The molecule has 0 unspecified atom stereocenters. The van der Waals surface area contributed by atoms with Crippen molar-refractivity contribution in [3.05, 3.63) is 41.9 Å². The quantitative estimate of drug-likeness (QED) is 0.879. The molecule has 5 nitrogen and oxygen atoms in total. The van der Waals surface area contributed by atoms with Gasteiger partial charge in [0, 0.05) is 36.6 Å². The van der Waals surface area contributed by atoms with E-state index in [9.17, 15) is 0 Å². The second-order valence-electron chi connectivity index (χ2n) is 7.56. The Morgan fingerprint density at radius 2 is 2.04 bits per heavy atom. The highest BCUT2D eigenvalue weighted by Crippen LogP contribution is 2.25. The smallest absolute Gasteiger partial charge is 0.218 e. The zero-order valence-electron chi connectivity index (χ0n) is 15.0. The van der Waals surface area contributed by atoms with Crippen LogP contribution < -0.4 is 10.1 Å². The van der Waals surface area contributed by atoms with Gasteiger partial charge in [-0.1, -0.05) is 6.07 Å². The number of pyridine rings is 1. The number of hydrogen-bond acceptors (Lipinski definition) is 4. The van der Waals surface area contributed by atoms with Crippen molar-refractivity contribution in [1.82, 2.24) is 20.1 Å². The molecule has 2 aromatic heterocycles. The van der Waals surface area contributed by atoms with Crippen molar-refractivity contribution in [2.24, 2.45) is 0 Å². The lowest BCUT2D eigenvalue weighted by molar-refractivity contribution is 0.199. The van der Waals surface area contributed by atoms with Gasteiger partial charge in [-0.3, -0.25) is 4.68 Å². The molecule has 0 saturated heterocycles. The highest BCUT2D eigenvalue weighted by atomic mass is 16.5. The monoisotopic (exact) mass is 328 g/mol. The molecule has 1 fully saturated rings. The molecule has 1 saturated carbocycles. The highest BCUT2D eigenvalue weighted by Gasteiger charge is 2.18. The minimum Gasteiger partial charge on any atom is -0.474 e. The summed E-state index contributed by atoms with van der Waals surface area (Å²) >= 11 is 0. The Balaban J connectivity index is 1.55. The van der Waals surface area contributed by atoms with E-state index in [0.29, 0.717) is 6.10 Å². The van der Waals surface area contributed by atoms with Gasteiger partial charge in [-0.2, -0.15) is 5.10 Å². The van der Waals surface area contributed by atoms with Gasteiger partial charge in [0.1, 0.15) is 6.10 Å². The van der Waals surface area contributed by atoms with Crippen LogP contribution in [0.2, 0.25) is 0 Å². The van der Waals surface area contributed by atoms with Gasteiger partial charge < -0.3 is 10.1 Å². The lowest BCUT2D eigenvalue weighted by Crippen LogP contribution is -2.22. The first-order chi connectivity index (χ1) is 11.5. The molecule has 1 aliphatic carbocycles. The fraction of sp³-hybridized carbons (Fsp3) is 0.579. The Morgan fingerprint density at radius 3 is 2.75 bits per heavy atom. The van der Waals surface area contributed by atoms with Gasteiger partial charge in [-0.15, -0.1) is 0 Å². The summed E-state index contributed by atoms with van der Waals surface area (Å²) in [5, 5.41) is 7.91. The Labute approximate surface area is 144 Å². The second kappa shape index (κ2) is 7.34. The predicted molar refractivity (Wildman–Crippen MR) is 94.9 cm³/mol. The third kappa shape index (κ3) is 4.35. The average Bonchev–Trinajstić information content (AvgIpc) is 3.20. The van der Waals surface area contributed by atoms with Crippen LogP contribution in [0, 0.1) is 0 Å². The minimum atomic E-state index is 0.0177. The summed E-state index contributed by atoms with van der Waals surface area (Å²) in [5.41, 5.74) is 2.32. The van der Waals surface area contributed by atoms with E-state index in [1.54, 1.807) is 6.20 Å². The molecular formula is C19H28N4O. The van der Waals surface area contributed by atoms with E-state index in [-0.39, 0.29) is 5.54 Å². The summed E-state index contributed by atoms with van der Waals surface area (Å²) in [5.74, 6) is 0.780. The molecular weight excluding hydrogens is 300 g/mol. The third-order valence-corrected chi connectivity index (χ3v) is 4.40. The SMILES string of the molecule is CC(C)(C)n1cc(CNCc2cccnc2OC2CCCC2)cn1. The molecule has 130 valence electrons. The maximum absolute atomic E-state index is 6.09. The molecule has 0 bridgehead atoms. The second-order valence-corrected chi connectivity index (χ2v) is 7.56. The fourth-order valence-electron chi connectivity index (χ4n) is 2.99. The minimum absolute atomic E-state index is 0.0177. The van der Waals surface area contributed by atoms with Crippen LogP contribution in [0.3, 0.4) is 0 Å². The number of nitrogens with zero attached hydrogens (tertiary/aromatic N) is 3. The molecule has 0 spiro atoms. The standard InChI is InChI=1S/C19H28N4O/c1-19(2,3)23-14-15(12-22-23)11-20-13-16-7-6-10-21-18(16)24-17-8-4-5-9-17/h6-7,10,12,14,17,20H,4-5,8-9,11,13H2,1-3H3. The zero-order valence-corrected chi connectivity index (χ0v) is 15.0. The van der Waals surface area contributed by atoms with Crippen LogP contribution in [0.15, 0.2) is 30.7 Å². The predicted octanol–water partition coefficient (Wildman–Crippen LogP) is 3.64. The van der Waals surface area contributed by atoms with Crippen LogP contribution in [-0.2, 0) is 18.6 Å². The van der Waals surface area contributed by atoms with Gasteiger partial charge in [-0.25, -0.2) is 4.98 Å². The largest absolute Gasteiger partial charge is 0.474 e. The van der Waals surface area contributed by atoms with Gasteiger partial charge in [0.15, 0.2) is 0 Å². The number of aromatic nitrogens is 3. The van der Waals surface area contributed by atoms with Crippen molar-refractivity contribution in [1.29, 1.82) is 0 Å². The summed E-state index contributed by atoms with van der Waals surface area (Å²) in [4.78, 5) is 4.43. The first-order valence-electron chi connectivity index (χ1n) is 8.88. The van der Waals surface area contributed by atoms with Crippen LogP contribution >= 0.6 is 0 Å². The van der Waals surface area contributed by atoms with Gasteiger partial charge >= 0.3 is 0 Å². The van der Waals surface area contributed by atoms with Gasteiger partial charge in [-0.05, 0) is 52.5 Å². The van der Waals surface area contributed by atoms with Crippen molar-refractivity contribution in [3.8, 4) is 5.88 Å². The number of ether oxygens (including phenoxy) is 1. The zero-order chi connectivity index (χ0) is 17.0. The Morgan fingerprint density at radius 1 is 1.25 bits per heavy atom. The van der Waals surface area contributed by atoms with Crippen molar-refractivity contribution < 1.29 is 4.74 Å². The van der Waals surface area contributed by atoms with Gasteiger partial charge in [0.2, 0.25) is 5.88 Å². The summed E-state index contributed by atoms with van der Waals surface area (Å²) in [6.45, 7) is 7.99. The van der Waals surface area contributed by atoms with Crippen molar-refractivity contribution in [3.63, 3.8) is 0 Å². The Kier molecular flexibility index (Phi) is 5.19. The van der Waals surface area contributed by atoms with Crippen molar-refractivity contribution in [2.75, 3.05) is 0 Å². The molecule has 24 heavy (non-hydrogen) atoms. The van der Waals surface area contributed by atoms with Crippen LogP contribution in [-0.4, -0.2) is 20.9 Å². The van der Waals surface area contributed by atoms with Crippen molar-refractivity contribution >= 4 is 0 Å². The third-order valence-electron chi connectivity index (χ3n) is 4.40. The highest BCUT2D eigenvalue weighted by molar-refractivity contribution is 5.25. The molecule has 0 aliphatic heterocycles. The summed E-state index contributed by atoms with van der Waals surface area (Å²) in [6.07, 6.45) is 11.0. The molecule has 0 radical (unpaired) electrons.